The summed E-state index contributed by atoms with van der Waals surface area (Å²) in [5.74, 6) is -0.994. The van der Waals surface area contributed by atoms with E-state index in [1.54, 1.807) is 23.1 Å². The largest absolute Gasteiger partial charge is 0.493 e. The van der Waals surface area contributed by atoms with E-state index in [-0.39, 0.29) is 6.03 Å². The van der Waals surface area contributed by atoms with E-state index in [1.807, 2.05) is 22.9 Å². The van der Waals surface area contributed by atoms with Crippen LogP contribution in [0.15, 0.2) is 54.7 Å². The maximum Gasteiger partial charge on any atom is 0.322 e. The number of urea groups is 1. The minimum absolute atomic E-state index is 0.385. The van der Waals surface area contributed by atoms with Gasteiger partial charge in [-0.15, -0.1) is 0 Å². The highest BCUT2D eigenvalue weighted by Crippen LogP contribution is 2.37. The predicted molar refractivity (Wildman–Crippen MR) is 108 cm³/mol. The van der Waals surface area contributed by atoms with Crippen LogP contribution < -0.4 is 14.8 Å². The van der Waals surface area contributed by atoms with Gasteiger partial charge in [-0.1, -0.05) is 12.1 Å². The maximum absolute atomic E-state index is 14.0. The van der Waals surface area contributed by atoms with Gasteiger partial charge in [0, 0.05) is 25.0 Å². The van der Waals surface area contributed by atoms with Crippen LogP contribution in [0.25, 0.3) is 0 Å². The van der Waals surface area contributed by atoms with Crippen LogP contribution in [-0.2, 0) is 6.54 Å². The third kappa shape index (κ3) is 3.45. The maximum atomic E-state index is 14.0. The number of hydrogen-bond acceptors (Lipinski definition) is 3. The topological polar surface area (TPSA) is 55.7 Å². The van der Waals surface area contributed by atoms with Gasteiger partial charge in [-0.3, -0.25) is 0 Å². The summed E-state index contributed by atoms with van der Waals surface area (Å²) in [6.45, 7) is 0.981. The Balaban J connectivity index is 1.70. The normalized spacial score (nSPS) is 15.5. The van der Waals surface area contributed by atoms with Gasteiger partial charge in [0.25, 0.3) is 0 Å². The summed E-state index contributed by atoms with van der Waals surface area (Å²) in [7, 11) is 3.01. The van der Waals surface area contributed by atoms with E-state index in [4.69, 9.17) is 9.47 Å². The van der Waals surface area contributed by atoms with Gasteiger partial charge < -0.3 is 24.3 Å². The number of rotatable bonds is 4. The lowest BCUT2D eigenvalue weighted by Gasteiger charge is -2.37. The van der Waals surface area contributed by atoms with Gasteiger partial charge in [0.1, 0.15) is 0 Å². The molecule has 156 valence electrons. The molecule has 1 unspecified atom stereocenters. The number of nitrogens with one attached hydrogen (secondary N) is 1. The summed E-state index contributed by atoms with van der Waals surface area (Å²) in [6.07, 6.45) is 1.91. The summed E-state index contributed by atoms with van der Waals surface area (Å²) in [5, 5.41) is 2.86. The van der Waals surface area contributed by atoms with Crippen LogP contribution in [0.5, 0.6) is 11.5 Å². The molecule has 0 spiro atoms. The molecule has 6 nitrogen and oxygen atoms in total. The van der Waals surface area contributed by atoms with Crippen molar-refractivity contribution >= 4 is 11.7 Å². The Labute approximate surface area is 172 Å². The van der Waals surface area contributed by atoms with E-state index in [9.17, 15) is 13.6 Å². The molecule has 2 amide bonds. The van der Waals surface area contributed by atoms with Crippen molar-refractivity contribution < 1.29 is 23.0 Å². The first-order chi connectivity index (χ1) is 14.5. The number of nitrogens with zero attached hydrogens (tertiary/aromatic N) is 2. The van der Waals surface area contributed by atoms with Gasteiger partial charge in [0.2, 0.25) is 0 Å². The van der Waals surface area contributed by atoms with E-state index in [1.165, 1.54) is 20.3 Å². The fraction of sp³-hybridized carbons (Fsp3) is 0.227. The number of ether oxygens (including phenoxy) is 2. The van der Waals surface area contributed by atoms with Crippen molar-refractivity contribution in [1.29, 1.82) is 0 Å². The molecule has 0 radical (unpaired) electrons. The summed E-state index contributed by atoms with van der Waals surface area (Å²) in [5.41, 5.74) is 1.76. The Kier molecular flexibility index (Phi) is 5.31. The lowest BCUT2D eigenvalue weighted by Crippen LogP contribution is -2.44. The number of benzene rings is 2. The van der Waals surface area contributed by atoms with E-state index in [0.717, 1.165) is 17.8 Å². The Morgan fingerprint density at radius 2 is 1.87 bits per heavy atom. The fourth-order valence-corrected chi connectivity index (χ4v) is 3.81. The first kappa shape index (κ1) is 19.8. The van der Waals surface area contributed by atoms with Crippen LogP contribution in [0, 0.1) is 11.6 Å². The van der Waals surface area contributed by atoms with Crippen molar-refractivity contribution in [3.8, 4) is 11.5 Å². The summed E-state index contributed by atoms with van der Waals surface area (Å²) in [4.78, 5) is 14.8. The van der Waals surface area contributed by atoms with Crippen LogP contribution in [0.1, 0.15) is 17.3 Å². The standard InChI is InChI=1S/C22H21F2N3O3/c1-29-19-7-3-5-17(21(19)30-2)25-22(28)27-12-11-26-10-4-6-18(26)20(27)14-8-9-15(23)16(24)13-14/h3-10,13,20H,11-12H2,1-2H3,(H,25,28). The summed E-state index contributed by atoms with van der Waals surface area (Å²) < 4.78 is 40.1. The van der Waals surface area contributed by atoms with E-state index in [2.05, 4.69) is 5.32 Å². The Morgan fingerprint density at radius 3 is 2.60 bits per heavy atom. The molecule has 1 aliphatic heterocycles. The van der Waals surface area contributed by atoms with E-state index < -0.39 is 17.7 Å². The summed E-state index contributed by atoms with van der Waals surface area (Å²) >= 11 is 0. The molecule has 1 aliphatic rings. The number of amides is 2. The van der Waals surface area contributed by atoms with Crippen LogP contribution in [0.3, 0.4) is 0 Å². The number of methoxy groups -OCH3 is 2. The molecule has 4 rings (SSSR count). The molecular weight excluding hydrogens is 392 g/mol. The predicted octanol–water partition coefficient (Wildman–Crippen LogP) is 4.42. The van der Waals surface area contributed by atoms with Crippen molar-refractivity contribution in [1.82, 2.24) is 9.47 Å². The van der Waals surface area contributed by atoms with Gasteiger partial charge in [-0.25, -0.2) is 13.6 Å². The zero-order valence-electron chi connectivity index (χ0n) is 16.6. The average molecular weight is 413 g/mol. The number of carbonyl (C=O) groups excluding carboxylic acids is 1. The molecule has 0 saturated carbocycles. The lowest BCUT2D eigenvalue weighted by atomic mass is 10.00. The second-order valence-electron chi connectivity index (χ2n) is 6.87. The molecule has 30 heavy (non-hydrogen) atoms. The van der Waals surface area contributed by atoms with Crippen molar-refractivity contribution in [2.24, 2.45) is 0 Å². The highest BCUT2D eigenvalue weighted by molar-refractivity contribution is 5.92. The molecular formula is C22H21F2N3O3. The van der Waals surface area contributed by atoms with Crippen molar-refractivity contribution in [3.63, 3.8) is 0 Å². The molecule has 2 heterocycles. The molecule has 2 aromatic carbocycles. The zero-order chi connectivity index (χ0) is 21.3. The monoisotopic (exact) mass is 413 g/mol. The third-order valence-electron chi connectivity index (χ3n) is 5.20. The number of anilines is 1. The van der Waals surface area contributed by atoms with Gasteiger partial charge in [-0.2, -0.15) is 0 Å². The van der Waals surface area contributed by atoms with Crippen molar-refractivity contribution in [2.45, 2.75) is 12.6 Å². The number of para-hydroxylation sites is 1. The molecule has 1 atom stereocenters. The van der Waals surface area contributed by atoms with E-state index >= 15 is 0 Å². The van der Waals surface area contributed by atoms with Gasteiger partial charge >= 0.3 is 6.03 Å². The Bertz CT molecular complexity index is 1080. The Morgan fingerprint density at radius 1 is 1.03 bits per heavy atom. The average Bonchev–Trinajstić information content (AvgIpc) is 3.23. The van der Waals surface area contributed by atoms with Crippen LogP contribution >= 0.6 is 0 Å². The van der Waals surface area contributed by atoms with E-state index in [0.29, 0.717) is 35.8 Å². The minimum atomic E-state index is -0.953. The Hall–Kier alpha value is -3.55. The number of carbonyl (C=O) groups is 1. The highest BCUT2D eigenvalue weighted by Gasteiger charge is 2.33. The quantitative estimate of drug-likeness (QED) is 0.689. The molecule has 8 heteroatoms. The summed E-state index contributed by atoms with van der Waals surface area (Å²) in [6, 6.07) is 11.7. The third-order valence-corrected chi connectivity index (χ3v) is 5.20. The van der Waals surface area contributed by atoms with Crippen LogP contribution in [0.4, 0.5) is 19.3 Å². The van der Waals surface area contributed by atoms with Crippen LogP contribution in [0.2, 0.25) is 0 Å². The number of halogens is 2. The first-order valence-electron chi connectivity index (χ1n) is 9.42. The molecule has 0 bridgehead atoms. The molecule has 0 fully saturated rings. The number of fused-ring (bicyclic) bond motifs is 1. The van der Waals surface area contributed by atoms with Gasteiger partial charge in [-0.05, 0) is 42.0 Å². The highest BCUT2D eigenvalue weighted by atomic mass is 19.2. The van der Waals surface area contributed by atoms with Crippen LogP contribution in [-0.4, -0.2) is 36.3 Å². The molecule has 1 aromatic heterocycles. The SMILES string of the molecule is COc1cccc(NC(=O)N2CCn3cccc3C2c2ccc(F)c(F)c2)c1OC. The van der Waals surface area contributed by atoms with Gasteiger partial charge in [0.15, 0.2) is 23.1 Å². The fourth-order valence-electron chi connectivity index (χ4n) is 3.81. The molecule has 3 aromatic rings. The van der Waals surface area contributed by atoms with Crippen molar-refractivity contribution in [2.75, 3.05) is 26.1 Å². The molecule has 0 saturated heterocycles. The lowest BCUT2D eigenvalue weighted by molar-refractivity contribution is 0.181. The molecule has 1 N–H and O–H groups in total. The molecule has 0 aliphatic carbocycles. The first-order valence-corrected chi connectivity index (χ1v) is 9.42. The minimum Gasteiger partial charge on any atom is -0.493 e. The number of aromatic nitrogens is 1. The smallest absolute Gasteiger partial charge is 0.322 e. The zero-order valence-corrected chi connectivity index (χ0v) is 16.6. The second kappa shape index (κ2) is 8.06. The number of hydrogen-bond donors (Lipinski definition) is 1. The second-order valence-corrected chi connectivity index (χ2v) is 6.87. The van der Waals surface area contributed by atoms with Gasteiger partial charge in [0.05, 0.1) is 25.9 Å². The van der Waals surface area contributed by atoms with Crippen molar-refractivity contribution in [3.05, 3.63) is 77.6 Å².